The highest BCUT2D eigenvalue weighted by Crippen LogP contribution is 2.34. The first-order chi connectivity index (χ1) is 13.5. The summed E-state index contributed by atoms with van der Waals surface area (Å²) in [5.41, 5.74) is 4.12. The molecule has 0 N–H and O–H groups in total. The standard InChI is InChI=1S/C23H19NO3S/c1-17-10-11-23(28(26,27)16-18-7-3-2-4-8-18)21(13-17)20-14-19-9-5-6-12-24(19)22(20)15-25/h2-15H,16H2,1H3. The fourth-order valence-electron chi connectivity index (χ4n) is 3.48. The zero-order valence-electron chi connectivity index (χ0n) is 15.4. The molecule has 0 saturated heterocycles. The van der Waals surface area contributed by atoms with Crippen molar-refractivity contribution in [3.63, 3.8) is 0 Å². The van der Waals surface area contributed by atoms with Crippen LogP contribution in [0.3, 0.4) is 0 Å². The summed E-state index contributed by atoms with van der Waals surface area (Å²) in [6.07, 6.45) is 2.58. The van der Waals surface area contributed by atoms with Crippen LogP contribution < -0.4 is 0 Å². The molecule has 0 fully saturated rings. The van der Waals surface area contributed by atoms with Gasteiger partial charge in [0.05, 0.1) is 16.3 Å². The molecule has 5 heteroatoms. The number of pyridine rings is 1. The van der Waals surface area contributed by atoms with Gasteiger partial charge in [-0.2, -0.15) is 0 Å². The van der Waals surface area contributed by atoms with Gasteiger partial charge in [0.25, 0.3) is 0 Å². The van der Waals surface area contributed by atoms with E-state index in [1.165, 1.54) is 0 Å². The number of aryl methyl sites for hydroxylation is 1. The van der Waals surface area contributed by atoms with Crippen molar-refractivity contribution in [1.29, 1.82) is 0 Å². The van der Waals surface area contributed by atoms with Crippen molar-refractivity contribution in [2.24, 2.45) is 0 Å². The highest BCUT2D eigenvalue weighted by molar-refractivity contribution is 7.90. The molecule has 0 aliphatic carbocycles. The van der Waals surface area contributed by atoms with E-state index >= 15 is 0 Å². The van der Waals surface area contributed by atoms with Crippen molar-refractivity contribution in [2.45, 2.75) is 17.6 Å². The number of carbonyl (C=O) groups excluding carboxylic acids is 1. The Labute approximate surface area is 164 Å². The third kappa shape index (κ3) is 3.25. The monoisotopic (exact) mass is 389 g/mol. The molecule has 4 rings (SSSR count). The summed E-state index contributed by atoms with van der Waals surface area (Å²) in [4.78, 5) is 12.1. The van der Waals surface area contributed by atoms with Crippen LogP contribution in [0.25, 0.3) is 16.6 Å². The third-order valence-corrected chi connectivity index (χ3v) is 6.53. The molecule has 0 unspecified atom stereocenters. The van der Waals surface area contributed by atoms with Gasteiger partial charge < -0.3 is 4.40 Å². The Hall–Kier alpha value is -3.18. The van der Waals surface area contributed by atoms with Crippen LogP contribution >= 0.6 is 0 Å². The SMILES string of the molecule is Cc1ccc(S(=O)(=O)Cc2ccccc2)c(-c2cc3ccccn3c2C=O)c1. The quantitative estimate of drug-likeness (QED) is 0.465. The largest absolute Gasteiger partial charge is 0.314 e. The first kappa shape index (κ1) is 18.2. The molecular weight excluding hydrogens is 370 g/mol. The van der Waals surface area contributed by atoms with Gasteiger partial charge in [0, 0.05) is 22.8 Å². The predicted molar refractivity (Wildman–Crippen MR) is 110 cm³/mol. The van der Waals surface area contributed by atoms with Gasteiger partial charge in [0.15, 0.2) is 16.1 Å². The van der Waals surface area contributed by atoms with E-state index in [1.807, 2.05) is 55.5 Å². The zero-order chi connectivity index (χ0) is 19.7. The van der Waals surface area contributed by atoms with Gasteiger partial charge in [0.1, 0.15) is 0 Å². The van der Waals surface area contributed by atoms with Gasteiger partial charge in [-0.15, -0.1) is 0 Å². The second kappa shape index (κ2) is 7.09. The zero-order valence-corrected chi connectivity index (χ0v) is 16.2. The van der Waals surface area contributed by atoms with E-state index in [2.05, 4.69) is 0 Å². The maximum absolute atomic E-state index is 13.2. The van der Waals surface area contributed by atoms with E-state index in [1.54, 1.807) is 34.9 Å². The molecular formula is C23H19NO3S. The van der Waals surface area contributed by atoms with Gasteiger partial charge in [-0.3, -0.25) is 4.79 Å². The second-order valence-corrected chi connectivity index (χ2v) is 8.76. The Morgan fingerprint density at radius 3 is 2.39 bits per heavy atom. The lowest BCUT2D eigenvalue weighted by atomic mass is 10.0. The minimum Gasteiger partial charge on any atom is -0.314 e. The van der Waals surface area contributed by atoms with Gasteiger partial charge in [-0.05, 0) is 36.8 Å². The van der Waals surface area contributed by atoms with Crippen LogP contribution in [-0.4, -0.2) is 19.1 Å². The van der Waals surface area contributed by atoms with Crippen LogP contribution in [0.2, 0.25) is 0 Å². The van der Waals surface area contributed by atoms with Crippen molar-refractivity contribution in [3.05, 3.63) is 95.8 Å². The fraction of sp³-hybridized carbons (Fsp3) is 0.0870. The summed E-state index contributed by atoms with van der Waals surface area (Å²) in [6.45, 7) is 1.91. The van der Waals surface area contributed by atoms with Crippen molar-refractivity contribution in [1.82, 2.24) is 4.40 Å². The van der Waals surface area contributed by atoms with Crippen LogP contribution in [0.5, 0.6) is 0 Å². The average molecular weight is 389 g/mol. The Morgan fingerprint density at radius 1 is 0.893 bits per heavy atom. The summed E-state index contributed by atoms with van der Waals surface area (Å²) >= 11 is 0. The molecule has 2 aromatic heterocycles. The minimum atomic E-state index is -3.60. The van der Waals surface area contributed by atoms with Crippen LogP contribution in [0.15, 0.2) is 83.9 Å². The molecule has 0 saturated carbocycles. The van der Waals surface area contributed by atoms with E-state index < -0.39 is 9.84 Å². The maximum atomic E-state index is 13.2. The molecule has 2 aromatic carbocycles. The van der Waals surface area contributed by atoms with Gasteiger partial charge in [-0.1, -0.05) is 54.1 Å². The summed E-state index contributed by atoms with van der Waals surface area (Å²) in [5.74, 6) is -0.0896. The van der Waals surface area contributed by atoms with E-state index in [4.69, 9.17) is 0 Å². The lowest BCUT2D eigenvalue weighted by Crippen LogP contribution is -2.07. The number of aromatic nitrogens is 1. The third-order valence-electron chi connectivity index (χ3n) is 4.79. The van der Waals surface area contributed by atoms with Crippen LogP contribution in [0.1, 0.15) is 21.6 Å². The molecule has 140 valence electrons. The highest BCUT2D eigenvalue weighted by Gasteiger charge is 2.23. The molecule has 0 atom stereocenters. The number of fused-ring (bicyclic) bond motifs is 1. The van der Waals surface area contributed by atoms with Crippen molar-refractivity contribution in [2.75, 3.05) is 0 Å². The fourth-order valence-corrected chi connectivity index (χ4v) is 5.04. The van der Waals surface area contributed by atoms with E-state index in [-0.39, 0.29) is 10.6 Å². The number of hydrogen-bond donors (Lipinski definition) is 0. The Balaban J connectivity index is 1.92. The predicted octanol–water partition coefficient (Wildman–Crippen LogP) is 4.70. The normalized spacial score (nSPS) is 11.6. The summed E-state index contributed by atoms with van der Waals surface area (Å²) in [6, 6.07) is 21.9. The van der Waals surface area contributed by atoms with Crippen molar-refractivity contribution in [3.8, 4) is 11.1 Å². The van der Waals surface area contributed by atoms with Crippen LogP contribution in [0, 0.1) is 6.92 Å². The number of nitrogens with zero attached hydrogens (tertiary/aromatic N) is 1. The number of benzene rings is 2. The first-order valence-electron chi connectivity index (χ1n) is 8.92. The Kier molecular flexibility index (Phi) is 4.61. The number of carbonyl (C=O) groups is 1. The summed E-state index contributed by atoms with van der Waals surface area (Å²) in [5, 5.41) is 0. The molecule has 4 nitrogen and oxygen atoms in total. The Morgan fingerprint density at radius 2 is 1.64 bits per heavy atom. The smallest absolute Gasteiger partial charge is 0.183 e. The number of sulfone groups is 1. The number of hydrogen-bond acceptors (Lipinski definition) is 3. The minimum absolute atomic E-state index is 0.0896. The van der Waals surface area contributed by atoms with Gasteiger partial charge >= 0.3 is 0 Å². The summed E-state index contributed by atoms with van der Waals surface area (Å²) in [7, 11) is -3.60. The molecule has 0 bridgehead atoms. The molecule has 0 radical (unpaired) electrons. The molecule has 28 heavy (non-hydrogen) atoms. The second-order valence-electron chi connectivity index (χ2n) is 6.80. The number of rotatable bonds is 5. The van der Waals surface area contributed by atoms with E-state index in [9.17, 15) is 13.2 Å². The molecule has 0 amide bonds. The van der Waals surface area contributed by atoms with Crippen LogP contribution in [0.4, 0.5) is 0 Å². The highest BCUT2D eigenvalue weighted by atomic mass is 32.2. The Bertz CT molecular complexity index is 1270. The van der Waals surface area contributed by atoms with E-state index in [0.717, 1.165) is 22.9 Å². The van der Waals surface area contributed by atoms with Crippen LogP contribution in [-0.2, 0) is 15.6 Å². The molecule has 0 aliphatic heterocycles. The summed E-state index contributed by atoms with van der Waals surface area (Å²) < 4.78 is 28.2. The van der Waals surface area contributed by atoms with E-state index in [0.29, 0.717) is 16.8 Å². The van der Waals surface area contributed by atoms with Crippen molar-refractivity contribution >= 4 is 21.6 Å². The topological polar surface area (TPSA) is 55.6 Å². The molecule has 2 heterocycles. The molecule has 0 spiro atoms. The molecule has 0 aliphatic rings. The first-order valence-corrected chi connectivity index (χ1v) is 10.6. The lowest BCUT2D eigenvalue weighted by molar-refractivity contribution is 0.111. The average Bonchev–Trinajstić information content (AvgIpc) is 3.06. The molecule has 4 aromatic rings. The van der Waals surface area contributed by atoms with Crippen molar-refractivity contribution < 1.29 is 13.2 Å². The van der Waals surface area contributed by atoms with Gasteiger partial charge in [-0.25, -0.2) is 8.42 Å². The lowest BCUT2D eigenvalue weighted by Gasteiger charge is -2.12. The maximum Gasteiger partial charge on any atom is 0.183 e. The number of aldehydes is 1. The van der Waals surface area contributed by atoms with Gasteiger partial charge in [0.2, 0.25) is 0 Å².